The fourth-order valence-electron chi connectivity index (χ4n) is 5.98. The Balaban J connectivity index is 0.00000442. The summed E-state index contributed by atoms with van der Waals surface area (Å²) >= 11 is 0. The van der Waals surface area contributed by atoms with E-state index in [1.165, 1.54) is 17.5 Å². The molecule has 0 spiro atoms. The first-order valence-electron chi connectivity index (χ1n) is 15.3. The number of pyridine rings is 1. The zero-order valence-electron chi connectivity index (χ0n) is 25.9. The highest BCUT2D eigenvalue weighted by Crippen LogP contribution is 2.30. The van der Waals surface area contributed by atoms with Crippen molar-refractivity contribution in [2.24, 2.45) is 5.92 Å². The summed E-state index contributed by atoms with van der Waals surface area (Å²) in [5.41, 5.74) is 4.28. The Morgan fingerprint density at radius 3 is 2.70 bits per heavy atom. The summed E-state index contributed by atoms with van der Waals surface area (Å²) in [6, 6.07) is 7.85. The molecule has 0 unspecified atom stereocenters. The zero-order chi connectivity index (χ0) is 30.3. The molecule has 238 valence electrons. The van der Waals surface area contributed by atoms with Gasteiger partial charge in [0.25, 0.3) is 0 Å². The highest BCUT2D eigenvalue weighted by atomic mass is 32.1. The molecule has 2 aliphatic rings. The van der Waals surface area contributed by atoms with Crippen molar-refractivity contribution in [2.75, 3.05) is 31.5 Å². The van der Waals surface area contributed by atoms with Crippen LogP contribution in [-0.2, 0) is 24.4 Å². The maximum Gasteiger partial charge on any atom is 0.225 e. The predicted molar refractivity (Wildman–Crippen MR) is 173 cm³/mol. The maximum atomic E-state index is 13.0. The number of hydrogen-bond acceptors (Lipinski definition) is 9. The van der Waals surface area contributed by atoms with Crippen molar-refractivity contribution < 1.29 is 23.8 Å². The predicted octanol–water partition coefficient (Wildman–Crippen LogP) is 4.51. The molecule has 5 rings (SSSR count). The highest BCUT2D eigenvalue weighted by molar-refractivity contribution is 7.59. The molecule has 4 heterocycles. The van der Waals surface area contributed by atoms with Crippen molar-refractivity contribution in [3.8, 4) is 5.75 Å². The summed E-state index contributed by atoms with van der Waals surface area (Å²) in [6.07, 6.45) is 7.38. The van der Waals surface area contributed by atoms with Crippen LogP contribution in [-0.4, -0.2) is 74.9 Å². The van der Waals surface area contributed by atoms with Gasteiger partial charge < -0.3 is 24.5 Å². The van der Waals surface area contributed by atoms with Gasteiger partial charge in [0, 0.05) is 62.9 Å². The first kappa shape index (κ1) is 33.5. The molecule has 3 aromatic rings. The lowest BCUT2D eigenvalue weighted by Crippen LogP contribution is -2.44. The number of carbonyl (C=O) groups excluding carboxylic acids is 2. The molecule has 11 heteroatoms. The van der Waals surface area contributed by atoms with E-state index in [0.717, 1.165) is 56.8 Å². The Bertz CT molecular complexity index is 1390. The number of hydrogen-bond donors (Lipinski definition) is 2. The molecule has 10 nitrogen and oxygen atoms in total. The average Bonchev–Trinajstić information content (AvgIpc) is 3.53. The summed E-state index contributed by atoms with van der Waals surface area (Å²) in [5.74, 6) is 2.42. The van der Waals surface area contributed by atoms with E-state index in [0.29, 0.717) is 36.7 Å². The first-order chi connectivity index (χ1) is 20.8. The van der Waals surface area contributed by atoms with Gasteiger partial charge in [-0.25, -0.2) is 9.97 Å². The van der Waals surface area contributed by atoms with E-state index in [9.17, 15) is 14.7 Å². The molecule has 1 fully saturated rings. The van der Waals surface area contributed by atoms with Crippen LogP contribution in [0.25, 0.3) is 0 Å². The molecule has 1 aromatic carbocycles. The molecule has 1 saturated heterocycles. The molecule has 0 radical (unpaired) electrons. The van der Waals surface area contributed by atoms with Crippen LogP contribution in [0.4, 0.5) is 5.82 Å². The molecule has 1 amide bonds. The average molecular weight is 624 g/mol. The van der Waals surface area contributed by atoms with Gasteiger partial charge in [-0.3, -0.25) is 14.5 Å². The van der Waals surface area contributed by atoms with E-state index in [-0.39, 0.29) is 43.6 Å². The van der Waals surface area contributed by atoms with E-state index in [1.807, 2.05) is 24.8 Å². The second kappa shape index (κ2) is 15.5. The van der Waals surface area contributed by atoms with Crippen LogP contribution < -0.4 is 10.1 Å². The summed E-state index contributed by atoms with van der Waals surface area (Å²) in [6.45, 7) is 9.88. The molecule has 0 bridgehead atoms. The number of ketones is 1. The van der Waals surface area contributed by atoms with Crippen LogP contribution in [0.5, 0.6) is 5.75 Å². The van der Waals surface area contributed by atoms with Gasteiger partial charge in [-0.15, -0.1) is 0 Å². The van der Waals surface area contributed by atoms with Gasteiger partial charge in [-0.2, -0.15) is 13.5 Å². The van der Waals surface area contributed by atoms with Gasteiger partial charge in [-0.1, -0.05) is 19.9 Å². The monoisotopic (exact) mass is 623 g/mol. The number of Topliss-reactive ketones (excluding diaryl/α,β-unsaturated/α-hetero) is 1. The summed E-state index contributed by atoms with van der Waals surface area (Å²) < 4.78 is 11.2. The Kier molecular flexibility index (Phi) is 11.8. The molecule has 2 N–H and O–H groups in total. The lowest BCUT2D eigenvalue weighted by atomic mass is 9.94. The number of amides is 1. The van der Waals surface area contributed by atoms with Gasteiger partial charge in [-0.05, 0) is 67.5 Å². The van der Waals surface area contributed by atoms with Gasteiger partial charge in [0.1, 0.15) is 18.2 Å². The SMILES string of the molecule is Cc1c(OCc2cnco2)ccc2c1CCN(C[C@@H](O)CCC(=O)c1ccnc(NC3CCN(C(=O)C(C)C)CC3)c1)C2.S. The second-order valence-corrected chi connectivity index (χ2v) is 12.0. The van der Waals surface area contributed by atoms with Crippen LogP contribution in [0, 0.1) is 12.8 Å². The van der Waals surface area contributed by atoms with Crippen LogP contribution >= 0.6 is 13.5 Å². The number of oxazole rings is 1. The van der Waals surface area contributed by atoms with E-state index < -0.39 is 6.10 Å². The topological polar surface area (TPSA) is 121 Å². The molecule has 2 aliphatic heterocycles. The van der Waals surface area contributed by atoms with E-state index in [2.05, 4.69) is 33.2 Å². The lowest BCUT2D eigenvalue weighted by Gasteiger charge is -2.33. The Morgan fingerprint density at radius 2 is 1.98 bits per heavy atom. The van der Waals surface area contributed by atoms with Gasteiger partial charge in [0.2, 0.25) is 5.91 Å². The largest absolute Gasteiger partial charge is 0.485 e. The number of carbonyl (C=O) groups is 2. The molecular weight excluding hydrogens is 578 g/mol. The number of likely N-dealkylation sites (tertiary alicyclic amines) is 1. The van der Waals surface area contributed by atoms with Crippen molar-refractivity contribution in [1.29, 1.82) is 0 Å². The minimum atomic E-state index is -0.589. The van der Waals surface area contributed by atoms with E-state index in [4.69, 9.17) is 9.15 Å². The number of aromatic nitrogens is 2. The van der Waals surface area contributed by atoms with Gasteiger partial charge >= 0.3 is 0 Å². The standard InChI is InChI=1S/C33H43N5O5.H2S/c1-22(2)33(41)38-14-9-26(10-15-38)36-32-16-24(8-12-35-32)30(40)6-5-27(39)19-37-13-11-29-23(3)31(7-4-25(29)18-37)42-20-28-17-34-21-43-28;/h4,7-8,12,16-17,21-22,26-27,39H,5-6,9-11,13-15,18-20H2,1-3H3,(H,35,36);1H2/t27-;/m0./s1. The van der Waals surface area contributed by atoms with E-state index in [1.54, 1.807) is 24.5 Å². The number of nitrogens with zero attached hydrogens (tertiary/aromatic N) is 4. The fraction of sp³-hybridized carbons (Fsp3) is 0.515. The van der Waals surface area contributed by atoms with Crippen molar-refractivity contribution >= 4 is 31.0 Å². The first-order valence-corrected chi connectivity index (χ1v) is 15.3. The fourth-order valence-corrected chi connectivity index (χ4v) is 5.98. The Morgan fingerprint density at radius 1 is 1.18 bits per heavy atom. The minimum absolute atomic E-state index is 0. The smallest absolute Gasteiger partial charge is 0.225 e. The Hall–Kier alpha value is -3.41. The van der Waals surface area contributed by atoms with Gasteiger partial charge in [0.05, 0.1) is 12.3 Å². The third kappa shape index (κ3) is 8.61. The third-order valence-electron chi connectivity index (χ3n) is 8.48. The molecular formula is C33H45N5O5S. The summed E-state index contributed by atoms with van der Waals surface area (Å²) in [5, 5.41) is 14.2. The van der Waals surface area contributed by atoms with Gasteiger partial charge in [0.15, 0.2) is 17.9 Å². The van der Waals surface area contributed by atoms with Crippen molar-refractivity contribution in [3.05, 3.63) is 71.1 Å². The number of benzene rings is 1. The summed E-state index contributed by atoms with van der Waals surface area (Å²) in [7, 11) is 0. The van der Waals surface area contributed by atoms with Crippen molar-refractivity contribution in [2.45, 2.75) is 78.2 Å². The minimum Gasteiger partial charge on any atom is -0.485 e. The zero-order valence-corrected chi connectivity index (χ0v) is 26.9. The highest BCUT2D eigenvalue weighted by Gasteiger charge is 2.25. The lowest BCUT2D eigenvalue weighted by molar-refractivity contribution is -0.135. The van der Waals surface area contributed by atoms with E-state index >= 15 is 0 Å². The van der Waals surface area contributed by atoms with Crippen LogP contribution in [0.3, 0.4) is 0 Å². The Labute approximate surface area is 266 Å². The number of rotatable bonds is 12. The van der Waals surface area contributed by atoms with Crippen molar-refractivity contribution in [3.63, 3.8) is 0 Å². The normalized spacial score (nSPS) is 16.2. The number of aliphatic hydroxyl groups excluding tert-OH is 1. The number of anilines is 1. The number of piperidine rings is 1. The number of aliphatic hydroxyl groups is 1. The number of fused-ring (bicyclic) bond motifs is 1. The molecule has 2 aromatic heterocycles. The second-order valence-electron chi connectivity index (χ2n) is 12.0. The maximum absolute atomic E-state index is 13.0. The van der Waals surface area contributed by atoms with Crippen molar-refractivity contribution in [1.82, 2.24) is 19.8 Å². The molecule has 0 aliphatic carbocycles. The molecule has 0 saturated carbocycles. The molecule has 44 heavy (non-hydrogen) atoms. The number of β-amino-alcohol motifs (C(OH)–C–C–N with tert-alkyl or cyclic N) is 1. The number of ether oxygens (including phenoxy) is 1. The number of nitrogens with one attached hydrogen (secondary N) is 1. The molecule has 1 atom stereocenters. The van der Waals surface area contributed by atoms with Crippen LogP contribution in [0.2, 0.25) is 0 Å². The van der Waals surface area contributed by atoms with Crippen LogP contribution in [0.15, 0.2) is 47.5 Å². The summed E-state index contributed by atoms with van der Waals surface area (Å²) in [4.78, 5) is 37.8. The quantitative estimate of drug-likeness (QED) is 0.281. The van der Waals surface area contributed by atoms with Crippen LogP contribution in [0.1, 0.15) is 72.3 Å². The third-order valence-corrected chi connectivity index (χ3v) is 8.48.